The van der Waals surface area contributed by atoms with Gasteiger partial charge in [0.15, 0.2) is 5.82 Å². The summed E-state index contributed by atoms with van der Waals surface area (Å²) in [5, 5.41) is 3.90. The number of nitrogens with zero attached hydrogens (tertiary/aromatic N) is 4. The normalized spacial score (nSPS) is 11.0. The summed E-state index contributed by atoms with van der Waals surface area (Å²) in [5.74, 6) is 1.20. The van der Waals surface area contributed by atoms with Gasteiger partial charge in [0.2, 0.25) is 0 Å². The Hall–Kier alpha value is -3.68. The van der Waals surface area contributed by atoms with Crippen LogP contribution in [0.2, 0.25) is 0 Å². The van der Waals surface area contributed by atoms with Gasteiger partial charge < -0.3 is 10.1 Å². The van der Waals surface area contributed by atoms with Gasteiger partial charge in [0.05, 0.1) is 11.7 Å². The predicted molar refractivity (Wildman–Crippen MR) is 102 cm³/mol. The molecule has 2 aromatic heterocycles. The maximum absolute atomic E-state index is 12.5. The summed E-state index contributed by atoms with van der Waals surface area (Å²) in [5.41, 5.74) is 2.81. The summed E-state index contributed by atoms with van der Waals surface area (Å²) < 4.78 is 29.5. The lowest BCUT2D eigenvalue weighted by atomic mass is 10.0. The number of benzene rings is 2. The molecule has 2 aromatic carbocycles. The minimum absolute atomic E-state index is 0.103. The molecule has 0 atom stereocenters. The number of ether oxygens (including phenoxy) is 1. The van der Waals surface area contributed by atoms with Crippen molar-refractivity contribution < 1.29 is 13.5 Å². The molecule has 0 aliphatic heterocycles. The van der Waals surface area contributed by atoms with Crippen molar-refractivity contribution in [1.82, 2.24) is 19.9 Å². The average Bonchev–Trinajstić information content (AvgIpc) is 2.73. The fourth-order valence-electron chi connectivity index (χ4n) is 2.88. The van der Waals surface area contributed by atoms with Gasteiger partial charge in [-0.25, -0.2) is 15.0 Å². The molecule has 0 aliphatic carbocycles. The molecule has 0 aliphatic rings. The van der Waals surface area contributed by atoms with Crippen LogP contribution < -0.4 is 10.1 Å². The molecule has 28 heavy (non-hydrogen) atoms. The number of anilines is 1. The fraction of sp³-hybridized carbons (Fsp3) is 0.100. The van der Waals surface area contributed by atoms with E-state index in [0.717, 1.165) is 16.5 Å². The van der Waals surface area contributed by atoms with E-state index in [1.807, 2.05) is 24.3 Å². The first-order valence-corrected chi connectivity index (χ1v) is 8.45. The van der Waals surface area contributed by atoms with Gasteiger partial charge in [0.1, 0.15) is 17.3 Å². The lowest BCUT2D eigenvalue weighted by Crippen LogP contribution is -2.01. The molecular formula is C20H15F2N5O. The summed E-state index contributed by atoms with van der Waals surface area (Å²) in [4.78, 5) is 17.4. The smallest absolute Gasteiger partial charge is 0.387 e. The maximum atomic E-state index is 12.5. The van der Waals surface area contributed by atoms with E-state index in [4.69, 9.17) is 0 Å². The number of fused-ring (bicyclic) bond motifs is 1. The van der Waals surface area contributed by atoms with Gasteiger partial charge in [0.25, 0.3) is 0 Å². The zero-order chi connectivity index (χ0) is 19.5. The summed E-state index contributed by atoms with van der Waals surface area (Å²) in [6.07, 6.45) is 4.75. The molecule has 2 heterocycles. The molecular weight excluding hydrogens is 364 g/mol. The SMILES string of the molecule is CNc1nc(-c2cnccn2)nc2cc(-c3cccc(OC(F)F)c3)ccc12. The van der Waals surface area contributed by atoms with Gasteiger partial charge >= 0.3 is 6.61 Å². The lowest BCUT2D eigenvalue weighted by molar-refractivity contribution is -0.0498. The van der Waals surface area contributed by atoms with Crippen LogP contribution in [0.25, 0.3) is 33.5 Å². The molecule has 140 valence electrons. The number of hydrogen-bond donors (Lipinski definition) is 1. The predicted octanol–water partition coefficient (Wildman–Crippen LogP) is 4.40. The molecule has 1 N–H and O–H groups in total. The van der Waals surface area contributed by atoms with Crippen LogP contribution in [0.5, 0.6) is 5.75 Å². The largest absolute Gasteiger partial charge is 0.435 e. The number of nitrogens with one attached hydrogen (secondary N) is 1. The van der Waals surface area contributed by atoms with E-state index < -0.39 is 6.61 Å². The Labute approximate surface area is 159 Å². The van der Waals surface area contributed by atoms with E-state index in [2.05, 4.69) is 30.0 Å². The summed E-state index contributed by atoms with van der Waals surface area (Å²) in [7, 11) is 1.78. The van der Waals surface area contributed by atoms with Gasteiger partial charge in [0, 0.05) is 24.8 Å². The molecule has 6 nitrogen and oxygen atoms in total. The van der Waals surface area contributed by atoms with Crippen LogP contribution in [0.3, 0.4) is 0 Å². The minimum atomic E-state index is -2.87. The first kappa shape index (κ1) is 17.7. The van der Waals surface area contributed by atoms with Crippen LogP contribution in [-0.4, -0.2) is 33.6 Å². The zero-order valence-corrected chi connectivity index (χ0v) is 14.8. The highest BCUT2D eigenvalue weighted by Gasteiger charge is 2.12. The molecule has 0 amide bonds. The van der Waals surface area contributed by atoms with Crippen molar-refractivity contribution in [1.29, 1.82) is 0 Å². The number of hydrogen-bond acceptors (Lipinski definition) is 6. The van der Waals surface area contributed by atoms with E-state index in [1.165, 1.54) is 6.07 Å². The third kappa shape index (κ3) is 3.57. The highest BCUT2D eigenvalue weighted by Crippen LogP contribution is 2.30. The summed E-state index contributed by atoms with van der Waals surface area (Å²) >= 11 is 0. The first-order chi connectivity index (χ1) is 13.6. The Kier molecular flexibility index (Phi) is 4.76. The molecule has 0 unspecified atom stereocenters. The number of alkyl halides is 2. The number of aromatic nitrogens is 4. The van der Waals surface area contributed by atoms with Crippen LogP contribution in [0.1, 0.15) is 0 Å². The Morgan fingerprint density at radius 1 is 1.00 bits per heavy atom. The Bertz CT molecular complexity index is 1120. The van der Waals surface area contributed by atoms with Gasteiger partial charge in [-0.1, -0.05) is 18.2 Å². The highest BCUT2D eigenvalue weighted by atomic mass is 19.3. The lowest BCUT2D eigenvalue weighted by Gasteiger charge is -2.10. The maximum Gasteiger partial charge on any atom is 0.387 e. The van der Waals surface area contributed by atoms with E-state index in [0.29, 0.717) is 22.9 Å². The third-order valence-electron chi connectivity index (χ3n) is 4.12. The second-order valence-corrected chi connectivity index (χ2v) is 5.87. The molecule has 8 heteroatoms. The second-order valence-electron chi connectivity index (χ2n) is 5.87. The molecule has 0 spiro atoms. The Morgan fingerprint density at radius 2 is 1.86 bits per heavy atom. The first-order valence-electron chi connectivity index (χ1n) is 8.45. The van der Waals surface area contributed by atoms with E-state index in [1.54, 1.807) is 37.8 Å². The second kappa shape index (κ2) is 7.51. The van der Waals surface area contributed by atoms with Crippen LogP contribution >= 0.6 is 0 Å². The number of halogens is 2. The quantitative estimate of drug-likeness (QED) is 0.554. The minimum Gasteiger partial charge on any atom is -0.435 e. The van der Waals surface area contributed by atoms with Crippen LogP contribution in [0.4, 0.5) is 14.6 Å². The van der Waals surface area contributed by atoms with Crippen molar-refractivity contribution in [3.05, 3.63) is 61.1 Å². The Morgan fingerprint density at radius 3 is 2.61 bits per heavy atom. The molecule has 0 fully saturated rings. The van der Waals surface area contributed by atoms with Gasteiger partial charge in [-0.05, 0) is 35.4 Å². The molecule has 4 rings (SSSR count). The van der Waals surface area contributed by atoms with Crippen LogP contribution in [0, 0.1) is 0 Å². The highest BCUT2D eigenvalue weighted by molar-refractivity contribution is 5.93. The van der Waals surface area contributed by atoms with Gasteiger partial charge in [-0.3, -0.25) is 4.98 Å². The topological polar surface area (TPSA) is 72.8 Å². The van der Waals surface area contributed by atoms with Crippen molar-refractivity contribution >= 4 is 16.7 Å². The molecule has 4 aromatic rings. The summed E-state index contributed by atoms with van der Waals surface area (Å²) in [6.45, 7) is -2.87. The van der Waals surface area contributed by atoms with Gasteiger partial charge in [-0.2, -0.15) is 8.78 Å². The average molecular weight is 379 g/mol. The molecule has 0 bridgehead atoms. The Balaban J connectivity index is 1.82. The third-order valence-corrected chi connectivity index (χ3v) is 4.12. The molecule has 0 radical (unpaired) electrons. The fourth-order valence-corrected chi connectivity index (χ4v) is 2.88. The van der Waals surface area contributed by atoms with Crippen molar-refractivity contribution in [2.75, 3.05) is 12.4 Å². The summed E-state index contributed by atoms with van der Waals surface area (Å²) in [6, 6.07) is 12.2. The van der Waals surface area contributed by atoms with Crippen molar-refractivity contribution in [3.63, 3.8) is 0 Å². The van der Waals surface area contributed by atoms with E-state index in [9.17, 15) is 8.78 Å². The molecule has 0 saturated heterocycles. The van der Waals surface area contributed by atoms with E-state index >= 15 is 0 Å². The van der Waals surface area contributed by atoms with Crippen molar-refractivity contribution in [2.45, 2.75) is 6.61 Å². The van der Waals surface area contributed by atoms with Crippen LogP contribution in [-0.2, 0) is 0 Å². The zero-order valence-electron chi connectivity index (χ0n) is 14.8. The monoisotopic (exact) mass is 379 g/mol. The van der Waals surface area contributed by atoms with Gasteiger partial charge in [-0.15, -0.1) is 0 Å². The van der Waals surface area contributed by atoms with Crippen molar-refractivity contribution in [3.8, 4) is 28.4 Å². The molecule has 0 saturated carbocycles. The van der Waals surface area contributed by atoms with Crippen molar-refractivity contribution in [2.24, 2.45) is 0 Å². The number of rotatable bonds is 5. The standard InChI is InChI=1S/C20H15F2N5O/c1-23-18-15-6-5-13(12-3-2-4-14(9-12)28-20(21)22)10-16(15)26-19(27-18)17-11-24-7-8-25-17/h2-11,20H,1H3,(H,23,26,27). The van der Waals surface area contributed by atoms with E-state index in [-0.39, 0.29) is 5.75 Å². The van der Waals surface area contributed by atoms with Crippen LogP contribution in [0.15, 0.2) is 61.1 Å².